The van der Waals surface area contributed by atoms with Crippen molar-refractivity contribution >= 4 is 6.29 Å². The maximum absolute atomic E-state index is 12.4. The van der Waals surface area contributed by atoms with E-state index in [9.17, 15) is 9.90 Å². The van der Waals surface area contributed by atoms with E-state index >= 15 is 0 Å². The summed E-state index contributed by atoms with van der Waals surface area (Å²) in [5.74, 6) is 0. The fourth-order valence-corrected chi connectivity index (χ4v) is 6.00. The van der Waals surface area contributed by atoms with Crippen LogP contribution in [0.15, 0.2) is 11.6 Å². The van der Waals surface area contributed by atoms with Gasteiger partial charge in [-0.05, 0) is 39.0 Å². The number of hydrogen-bond acceptors (Lipinski definition) is 6. The molecular weight excluding hydrogens is 336 g/mol. The maximum Gasteiger partial charge on any atom is 0.158 e. The number of aldehydes is 1. The van der Waals surface area contributed by atoms with Gasteiger partial charge in [-0.1, -0.05) is 18.6 Å². The number of fused-ring (bicyclic) bond motifs is 2. The number of epoxide rings is 1. The van der Waals surface area contributed by atoms with Crippen LogP contribution in [-0.2, 0) is 23.7 Å². The molecule has 144 valence electrons. The van der Waals surface area contributed by atoms with Gasteiger partial charge in [0, 0.05) is 12.0 Å². The zero-order valence-electron chi connectivity index (χ0n) is 15.5. The highest BCUT2D eigenvalue weighted by Gasteiger charge is 2.85. The molecule has 6 nitrogen and oxygen atoms in total. The molecule has 0 aromatic rings. The zero-order valence-corrected chi connectivity index (χ0v) is 15.5. The van der Waals surface area contributed by atoms with Crippen molar-refractivity contribution in [2.45, 2.75) is 82.3 Å². The van der Waals surface area contributed by atoms with Crippen molar-refractivity contribution in [3.63, 3.8) is 0 Å². The molecule has 1 saturated carbocycles. The van der Waals surface area contributed by atoms with Gasteiger partial charge in [-0.25, -0.2) is 0 Å². The second kappa shape index (κ2) is 5.61. The lowest BCUT2D eigenvalue weighted by molar-refractivity contribution is -0.229. The van der Waals surface area contributed by atoms with Crippen molar-refractivity contribution < 1.29 is 28.8 Å². The molecule has 0 aromatic heterocycles. The molecule has 0 radical (unpaired) electrons. The summed E-state index contributed by atoms with van der Waals surface area (Å²) in [4.78, 5) is 12.4. The van der Waals surface area contributed by atoms with E-state index in [0.29, 0.717) is 19.6 Å². The van der Waals surface area contributed by atoms with E-state index in [2.05, 4.69) is 13.0 Å². The van der Waals surface area contributed by atoms with E-state index in [1.54, 1.807) is 0 Å². The van der Waals surface area contributed by atoms with Gasteiger partial charge >= 0.3 is 0 Å². The minimum atomic E-state index is -0.831. The summed E-state index contributed by atoms with van der Waals surface area (Å²) in [5, 5.41) is 11.4. The molecule has 3 saturated heterocycles. The van der Waals surface area contributed by atoms with Gasteiger partial charge in [0.2, 0.25) is 0 Å². The van der Waals surface area contributed by atoms with Crippen LogP contribution in [-0.4, -0.2) is 60.9 Å². The van der Waals surface area contributed by atoms with Gasteiger partial charge < -0.3 is 28.8 Å². The molecule has 5 rings (SSSR count). The number of rotatable bonds is 3. The standard InChI is InChI=1S/C20H28O6/c1-12-6-7-19(10-21)13(9-12)25-17-15(26-14-5-3-4-8-23-14)16(22)18(19,2)20(17)11-24-20/h9-10,13-17,22H,3-8,11H2,1-2H3. The fraction of sp³-hybridized carbons (Fsp3) is 0.850. The Kier molecular flexibility index (Phi) is 3.74. The first-order chi connectivity index (χ1) is 12.5. The molecule has 26 heavy (non-hydrogen) atoms. The Hall–Kier alpha value is -0.790. The summed E-state index contributed by atoms with van der Waals surface area (Å²) in [6.07, 6.45) is 5.08. The summed E-state index contributed by atoms with van der Waals surface area (Å²) < 4.78 is 24.3. The van der Waals surface area contributed by atoms with Gasteiger partial charge in [-0.15, -0.1) is 0 Å². The predicted octanol–water partition coefficient (Wildman–Crippen LogP) is 1.74. The number of ether oxygens (including phenoxy) is 4. The van der Waals surface area contributed by atoms with Crippen molar-refractivity contribution in [3.05, 3.63) is 11.6 Å². The average Bonchev–Trinajstić information content (AvgIpc) is 3.43. The largest absolute Gasteiger partial charge is 0.390 e. The lowest BCUT2D eigenvalue weighted by Crippen LogP contribution is -2.65. The monoisotopic (exact) mass is 364 g/mol. The third-order valence-electron chi connectivity index (χ3n) is 7.79. The van der Waals surface area contributed by atoms with Crippen molar-refractivity contribution in [2.75, 3.05) is 13.2 Å². The maximum atomic E-state index is 12.4. The molecule has 4 fully saturated rings. The Morgan fingerprint density at radius 3 is 2.85 bits per heavy atom. The summed E-state index contributed by atoms with van der Waals surface area (Å²) in [6.45, 7) is 5.25. The molecule has 2 aliphatic carbocycles. The molecular formula is C20H28O6. The number of carbonyl (C=O) groups is 1. The number of allylic oxidation sites excluding steroid dienone is 1. The van der Waals surface area contributed by atoms with Crippen LogP contribution in [0.5, 0.6) is 0 Å². The quantitative estimate of drug-likeness (QED) is 0.467. The molecule has 6 heteroatoms. The molecule has 5 aliphatic rings. The zero-order chi connectivity index (χ0) is 18.2. The summed E-state index contributed by atoms with van der Waals surface area (Å²) in [7, 11) is 0. The molecule has 0 amide bonds. The number of aliphatic hydroxyl groups excluding tert-OH is 1. The average molecular weight is 364 g/mol. The summed E-state index contributed by atoms with van der Waals surface area (Å²) >= 11 is 0. The topological polar surface area (TPSA) is 77.5 Å². The lowest BCUT2D eigenvalue weighted by atomic mass is 9.52. The number of carbonyl (C=O) groups excluding carboxylic acids is 1. The van der Waals surface area contributed by atoms with E-state index in [4.69, 9.17) is 18.9 Å². The second-order valence-corrected chi connectivity index (χ2v) is 8.87. The van der Waals surface area contributed by atoms with Crippen LogP contribution >= 0.6 is 0 Å². The first kappa shape index (κ1) is 17.3. The normalized spacial score (nSPS) is 55.3. The van der Waals surface area contributed by atoms with Crippen molar-refractivity contribution in [3.8, 4) is 0 Å². The Labute approximate surface area is 153 Å². The highest BCUT2D eigenvalue weighted by Crippen LogP contribution is 2.71. The molecule has 3 aliphatic heterocycles. The minimum absolute atomic E-state index is 0.322. The summed E-state index contributed by atoms with van der Waals surface area (Å²) in [6, 6.07) is 0. The molecule has 8 atom stereocenters. The molecule has 1 spiro atoms. The van der Waals surface area contributed by atoms with Crippen LogP contribution < -0.4 is 0 Å². The Morgan fingerprint density at radius 2 is 2.19 bits per heavy atom. The Bertz CT molecular complexity index is 636. The molecule has 0 aromatic carbocycles. The van der Waals surface area contributed by atoms with Crippen molar-refractivity contribution in [1.82, 2.24) is 0 Å². The van der Waals surface area contributed by atoms with Gasteiger partial charge in [-0.3, -0.25) is 0 Å². The van der Waals surface area contributed by atoms with Crippen LogP contribution in [0.4, 0.5) is 0 Å². The van der Waals surface area contributed by atoms with E-state index < -0.39 is 28.6 Å². The van der Waals surface area contributed by atoms with Crippen molar-refractivity contribution in [2.24, 2.45) is 10.8 Å². The first-order valence-corrected chi connectivity index (χ1v) is 9.87. The van der Waals surface area contributed by atoms with Gasteiger partial charge in [-0.2, -0.15) is 0 Å². The smallest absolute Gasteiger partial charge is 0.158 e. The van der Waals surface area contributed by atoms with E-state index in [1.165, 1.54) is 5.57 Å². The number of hydrogen-bond donors (Lipinski definition) is 1. The van der Waals surface area contributed by atoms with Crippen LogP contribution in [0.25, 0.3) is 0 Å². The SMILES string of the molecule is CC1=CC2OC3C(OC4CCCCO4)C(O)C(C)(C2(C=O)CC1)C31CO1. The third-order valence-corrected chi connectivity index (χ3v) is 7.79. The van der Waals surface area contributed by atoms with Gasteiger partial charge in [0.05, 0.1) is 24.2 Å². The van der Waals surface area contributed by atoms with Gasteiger partial charge in [0.1, 0.15) is 24.1 Å². The van der Waals surface area contributed by atoms with Gasteiger partial charge in [0.25, 0.3) is 0 Å². The third kappa shape index (κ3) is 1.92. The Balaban J connectivity index is 1.55. The molecule has 2 bridgehead atoms. The van der Waals surface area contributed by atoms with Crippen LogP contribution in [0.2, 0.25) is 0 Å². The van der Waals surface area contributed by atoms with Gasteiger partial charge in [0.15, 0.2) is 6.29 Å². The van der Waals surface area contributed by atoms with E-state index in [1.807, 2.05) is 6.92 Å². The predicted molar refractivity (Wildman–Crippen MR) is 91.4 cm³/mol. The second-order valence-electron chi connectivity index (χ2n) is 8.87. The van der Waals surface area contributed by atoms with E-state index in [-0.39, 0.29) is 18.5 Å². The highest BCUT2D eigenvalue weighted by atomic mass is 16.7. The lowest BCUT2D eigenvalue weighted by Gasteiger charge is -2.55. The van der Waals surface area contributed by atoms with Crippen LogP contribution in [0.3, 0.4) is 0 Å². The molecule has 8 unspecified atom stereocenters. The van der Waals surface area contributed by atoms with E-state index in [0.717, 1.165) is 32.0 Å². The first-order valence-electron chi connectivity index (χ1n) is 9.87. The fourth-order valence-electron chi connectivity index (χ4n) is 6.00. The molecule has 3 heterocycles. The Morgan fingerprint density at radius 1 is 1.38 bits per heavy atom. The number of aliphatic hydroxyl groups is 1. The molecule has 1 N–H and O–H groups in total. The van der Waals surface area contributed by atoms with Crippen LogP contribution in [0, 0.1) is 10.8 Å². The van der Waals surface area contributed by atoms with Crippen LogP contribution in [0.1, 0.15) is 46.0 Å². The summed E-state index contributed by atoms with van der Waals surface area (Å²) in [5.41, 5.74) is -0.927. The minimum Gasteiger partial charge on any atom is -0.390 e. The highest BCUT2D eigenvalue weighted by molar-refractivity contribution is 5.67. The van der Waals surface area contributed by atoms with Crippen molar-refractivity contribution in [1.29, 1.82) is 0 Å².